The first-order chi connectivity index (χ1) is 5.66. The van der Waals surface area contributed by atoms with Crippen LogP contribution >= 0.6 is 22.6 Å². The molecular weight excluding hydrogens is 259 g/mol. The molecule has 0 aliphatic heterocycles. The van der Waals surface area contributed by atoms with Gasteiger partial charge in [-0.1, -0.05) is 52.0 Å². The van der Waals surface area contributed by atoms with E-state index in [1.807, 2.05) is 4.08 Å². The molecule has 0 aromatic rings. The molecule has 68 valence electrons. The van der Waals surface area contributed by atoms with E-state index in [1.165, 1.54) is 24.0 Å². The van der Waals surface area contributed by atoms with Crippen molar-refractivity contribution >= 4 is 22.6 Å². The summed E-state index contributed by atoms with van der Waals surface area (Å²) in [5.41, 5.74) is 2.85. The lowest BCUT2D eigenvalue weighted by molar-refractivity contribution is 0.967. The van der Waals surface area contributed by atoms with Crippen molar-refractivity contribution in [3.8, 4) is 0 Å². The van der Waals surface area contributed by atoms with Gasteiger partial charge in [-0.15, -0.1) is 0 Å². The average Bonchev–Trinajstić information content (AvgIpc) is 2.00. The van der Waals surface area contributed by atoms with Crippen LogP contribution in [0.2, 0.25) is 0 Å². The van der Waals surface area contributed by atoms with Crippen molar-refractivity contribution in [3.63, 3.8) is 0 Å². The second kappa shape index (κ2) is 7.59. The largest absolute Gasteiger partial charge is 0.0856 e. The van der Waals surface area contributed by atoms with Gasteiger partial charge in [-0.3, -0.25) is 0 Å². The highest BCUT2D eigenvalue weighted by molar-refractivity contribution is 14.1. The van der Waals surface area contributed by atoms with Gasteiger partial charge in [-0.25, -0.2) is 0 Å². The number of hydrogen-bond acceptors (Lipinski definition) is 0. The molecule has 0 heterocycles. The molecule has 0 aliphatic carbocycles. The van der Waals surface area contributed by atoms with Crippen molar-refractivity contribution in [2.75, 3.05) is 0 Å². The molecular formula is C11H17I. The van der Waals surface area contributed by atoms with Gasteiger partial charge in [-0.2, -0.15) is 0 Å². The van der Waals surface area contributed by atoms with Gasteiger partial charge in [0.25, 0.3) is 0 Å². The molecule has 0 aliphatic rings. The van der Waals surface area contributed by atoms with E-state index in [1.54, 1.807) is 0 Å². The van der Waals surface area contributed by atoms with E-state index in [4.69, 9.17) is 0 Å². The highest BCUT2D eigenvalue weighted by atomic mass is 127. The predicted octanol–water partition coefficient (Wildman–Crippen LogP) is 4.63. The van der Waals surface area contributed by atoms with E-state index in [0.717, 1.165) is 0 Å². The maximum Gasteiger partial charge on any atom is -0.0234 e. The maximum atomic E-state index is 2.28. The third-order valence-electron chi connectivity index (χ3n) is 1.54. The van der Waals surface area contributed by atoms with Gasteiger partial charge in [0.2, 0.25) is 0 Å². The van der Waals surface area contributed by atoms with Crippen molar-refractivity contribution in [2.45, 2.75) is 33.6 Å². The molecule has 0 spiro atoms. The van der Waals surface area contributed by atoms with Crippen molar-refractivity contribution in [1.82, 2.24) is 0 Å². The van der Waals surface area contributed by atoms with E-state index in [2.05, 4.69) is 61.6 Å². The summed E-state index contributed by atoms with van der Waals surface area (Å²) in [5.74, 6) is 0. The van der Waals surface area contributed by atoms with Crippen LogP contribution in [0.1, 0.15) is 33.6 Å². The zero-order valence-electron chi connectivity index (χ0n) is 8.10. The highest BCUT2D eigenvalue weighted by Gasteiger charge is 1.85. The van der Waals surface area contributed by atoms with Gasteiger partial charge >= 0.3 is 0 Å². The zero-order chi connectivity index (χ0) is 9.40. The standard InChI is InChI=1S/C11H17I/c1-10(2)6-4-7-11(3)8-5-9-12/h5-6,8-9H,4,7H2,1-3H3/b9-5+,11-8+. The molecule has 0 rings (SSSR count). The zero-order valence-corrected chi connectivity index (χ0v) is 10.3. The fourth-order valence-corrected chi connectivity index (χ4v) is 1.08. The van der Waals surface area contributed by atoms with Gasteiger partial charge < -0.3 is 0 Å². The fourth-order valence-electron chi connectivity index (χ4n) is 0.872. The molecule has 0 saturated carbocycles. The summed E-state index contributed by atoms with van der Waals surface area (Å²) < 4.78 is 2.03. The summed E-state index contributed by atoms with van der Waals surface area (Å²) in [7, 11) is 0. The third kappa shape index (κ3) is 8.05. The van der Waals surface area contributed by atoms with Crippen molar-refractivity contribution < 1.29 is 0 Å². The Morgan fingerprint density at radius 1 is 1.25 bits per heavy atom. The Balaban J connectivity index is 3.71. The molecule has 0 saturated heterocycles. The summed E-state index contributed by atoms with van der Waals surface area (Å²) >= 11 is 2.23. The van der Waals surface area contributed by atoms with Gasteiger partial charge in [0, 0.05) is 0 Å². The first-order valence-electron chi connectivity index (χ1n) is 4.22. The first-order valence-corrected chi connectivity index (χ1v) is 5.47. The van der Waals surface area contributed by atoms with Crippen LogP contribution in [0.25, 0.3) is 0 Å². The number of rotatable bonds is 4. The van der Waals surface area contributed by atoms with E-state index in [0.29, 0.717) is 0 Å². The highest BCUT2D eigenvalue weighted by Crippen LogP contribution is 2.06. The van der Waals surface area contributed by atoms with Crippen LogP contribution in [0, 0.1) is 0 Å². The molecule has 0 unspecified atom stereocenters. The minimum Gasteiger partial charge on any atom is -0.0856 e. The Labute approximate surface area is 89.6 Å². The Kier molecular flexibility index (Phi) is 7.56. The second-order valence-electron chi connectivity index (χ2n) is 3.15. The Hall–Kier alpha value is -0.0500. The Morgan fingerprint density at radius 2 is 1.92 bits per heavy atom. The maximum absolute atomic E-state index is 2.28. The molecule has 1 heteroatoms. The minimum absolute atomic E-state index is 1.17. The average molecular weight is 276 g/mol. The predicted molar refractivity (Wildman–Crippen MR) is 65.6 cm³/mol. The van der Waals surface area contributed by atoms with Gasteiger partial charge in [0.05, 0.1) is 0 Å². The quantitative estimate of drug-likeness (QED) is 0.399. The normalized spacial score (nSPS) is 12.2. The summed E-state index contributed by atoms with van der Waals surface area (Å²) in [5, 5.41) is 0. The van der Waals surface area contributed by atoms with Crippen LogP contribution in [0.4, 0.5) is 0 Å². The smallest absolute Gasteiger partial charge is 0.0234 e. The van der Waals surface area contributed by atoms with Crippen molar-refractivity contribution in [2.24, 2.45) is 0 Å². The summed E-state index contributed by atoms with van der Waals surface area (Å²) in [6.07, 6.45) is 8.88. The Bertz CT molecular complexity index is 193. The van der Waals surface area contributed by atoms with Crippen molar-refractivity contribution in [1.29, 1.82) is 0 Å². The van der Waals surface area contributed by atoms with Crippen LogP contribution < -0.4 is 0 Å². The molecule has 12 heavy (non-hydrogen) atoms. The van der Waals surface area contributed by atoms with Crippen LogP contribution in [-0.4, -0.2) is 0 Å². The minimum atomic E-state index is 1.17. The molecule has 0 amide bonds. The summed E-state index contributed by atoms with van der Waals surface area (Å²) in [4.78, 5) is 0. The van der Waals surface area contributed by atoms with Gasteiger partial charge in [0.1, 0.15) is 0 Å². The molecule has 0 bridgehead atoms. The summed E-state index contributed by atoms with van der Waals surface area (Å²) in [6, 6.07) is 0. The summed E-state index contributed by atoms with van der Waals surface area (Å²) in [6.45, 7) is 6.46. The molecule has 0 aromatic heterocycles. The molecule has 0 radical (unpaired) electrons. The van der Waals surface area contributed by atoms with Crippen LogP contribution in [0.5, 0.6) is 0 Å². The van der Waals surface area contributed by atoms with Gasteiger partial charge in [0.15, 0.2) is 0 Å². The lowest BCUT2D eigenvalue weighted by atomic mass is 10.1. The monoisotopic (exact) mass is 276 g/mol. The van der Waals surface area contributed by atoms with Crippen LogP contribution in [0.15, 0.2) is 33.5 Å². The van der Waals surface area contributed by atoms with Crippen LogP contribution in [-0.2, 0) is 0 Å². The third-order valence-corrected chi connectivity index (χ3v) is 1.96. The molecule has 0 nitrogen and oxygen atoms in total. The van der Waals surface area contributed by atoms with E-state index < -0.39 is 0 Å². The van der Waals surface area contributed by atoms with E-state index in [9.17, 15) is 0 Å². The topological polar surface area (TPSA) is 0 Å². The lowest BCUT2D eigenvalue weighted by Gasteiger charge is -1.95. The fraction of sp³-hybridized carbons (Fsp3) is 0.455. The lowest BCUT2D eigenvalue weighted by Crippen LogP contribution is -1.75. The molecule has 0 fully saturated rings. The first kappa shape index (κ1) is 11.9. The molecule has 0 atom stereocenters. The van der Waals surface area contributed by atoms with Crippen molar-refractivity contribution in [3.05, 3.63) is 33.5 Å². The number of allylic oxidation sites excluding steroid dienone is 5. The SMILES string of the molecule is CC(C)=CCC/C(C)=C/C=C/I. The number of halogens is 1. The number of hydrogen-bond donors (Lipinski definition) is 0. The van der Waals surface area contributed by atoms with Crippen LogP contribution in [0.3, 0.4) is 0 Å². The molecule has 0 N–H and O–H groups in total. The van der Waals surface area contributed by atoms with Gasteiger partial charge in [-0.05, 0) is 37.7 Å². The Morgan fingerprint density at radius 3 is 2.42 bits per heavy atom. The second-order valence-corrected chi connectivity index (χ2v) is 3.87. The molecule has 0 aromatic carbocycles. The van der Waals surface area contributed by atoms with E-state index in [-0.39, 0.29) is 0 Å². The van der Waals surface area contributed by atoms with E-state index >= 15 is 0 Å².